The average Bonchev–Trinajstić information content (AvgIpc) is 2.91. The highest BCUT2D eigenvalue weighted by Gasteiger charge is 2.13. The molecular weight excluding hydrogens is 290 g/mol. The summed E-state index contributed by atoms with van der Waals surface area (Å²) in [6, 6.07) is 6.57. The van der Waals surface area contributed by atoms with Gasteiger partial charge in [-0.3, -0.25) is 14.6 Å². The van der Waals surface area contributed by atoms with E-state index < -0.39 is 11.2 Å². The molecule has 3 N–H and O–H groups in total. The first kappa shape index (κ1) is 13.9. The van der Waals surface area contributed by atoms with Gasteiger partial charge in [0.2, 0.25) is 12.7 Å². The summed E-state index contributed by atoms with van der Waals surface area (Å²) in [5.41, 5.74) is -0.0534. The second-order valence-corrected chi connectivity index (χ2v) is 4.75. The Labute approximate surface area is 124 Å². The lowest BCUT2D eigenvalue weighted by atomic mass is 10.2. The molecule has 22 heavy (non-hydrogen) atoms. The molecule has 0 radical (unpaired) electrons. The van der Waals surface area contributed by atoms with Gasteiger partial charge in [-0.05, 0) is 17.7 Å². The number of ether oxygens (including phenoxy) is 2. The maximum atomic E-state index is 11.8. The maximum Gasteiger partial charge on any atom is 0.325 e. The van der Waals surface area contributed by atoms with Crippen molar-refractivity contribution in [2.75, 3.05) is 6.79 Å². The third-order valence-corrected chi connectivity index (χ3v) is 3.09. The van der Waals surface area contributed by atoms with Crippen molar-refractivity contribution in [3.63, 3.8) is 0 Å². The molecule has 0 bridgehead atoms. The van der Waals surface area contributed by atoms with Crippen LogP contribution in [0.2, 0.25) is 0 Å². The molecule has 8 nitrogen and oxygen atoms in total. The Morgan fingerprint density at radius 2 is 1.95 bits per heavy atom. The zero-order valence-corrected chi connectivity index (χ0v) is 11.5. The summed E-state index contributed by atoms with van der Waals surface area (Å²) in [5, 5.41) is 2.71. The van der Waals surface area contributed by atoms with Crippen molar-refractivity contribution in [1.82, 2.24) is 15.3 Å². The van der Waals surface area contributed by atoms with E-state index in [1.54, 1.807) is 12.1 Å². The summed E-state index contributed by atoms with van der Waals surface area (Å²) < 4.78 is 10.5. The summed E-state index contributed by atoms with van der Waals surface area (Å²) in [6.07, 6.45) is -0.0797. The van der Waals surface area contributed by atoms with E-state index in [0.29, 0.717) is 18.0 Å². The fourth-order valence-electron chi connectivity index (χ4n) is 2.10. The number of hydrogen-bond acceptors (Lipinski definition) is 5. The Kier molecular flexibility index (Phi) is 3.65. The molecular formula is C14H13N3O5. The van der Waals surface area contributed by atoms with E-state index in [9.17, 15) is 14.4 Å². The number of rotatable bonds is 4. The molecule has 0 spiro atoms. The fourth-order valence-corrected chi connectivity index (χ4v) is 2.10. The van der Waals surface area contributed by atoms with Gasteiger partial charge in [0.1, 0.15) is 0 Å². The third kappa shape index (κ3) is 3.17. The number of amides is 1. The summed E-state index contributed by atoms with van der Waals surface area (Å²) in [7, 11) is 0. The van der Waals surface area contributed by atoms with Gasteiger partial charge < -0.3 is 19.8 Å². The number of fused-ring (bicyclic) bond motifs is 1. The molecule has 1 aliphatic heterocycles. The number of carbonyl (C=O) groups is 1. The molecule has 114 valence electrons. The molecule has 2 heterocycles. The highest BCUT2D eigenvalue weighted by atomic mass is 16.7. The van der Waals surface area contributed by atoms with Gasteiger partial charge >= 0.3 is 5.69 Å². The molecule has 3 rings (SSSR count). The molecule has 0 saturated carbocycles. The number of H-pyrrole nitrogens is 2. The van der Waals surface area contributed by atoms with E-state index in [0.717, 1.165) is 5.56 Å². The largest absolute Gasteiger partial charge is 0.454 e. The predicted octanol–water partition coefficient (Wildman–Crippen LogP) is -0.349. The van der Waals surface area contributed by atoms with E-state index in [4.69, 9.17) is 9.47 Å². The summed E-state index contributed by atoms with van der Waals surface area (Å²) in [4.78, 5) is 38.5. The van der Waals surface area contributed by atoms with Crippen molar-refractivity contribution in [3.05, 3.63) is 56.4 Å². The highest BCUT2D eigenvalue weighted by Crippen LogP contribution is 2.32. The third-order valence-electron chi connectivity index (χ3n) is 3.09. The Hall–Kier alpha value is -3.03. The van der Waals surface area contributed by atoms with E-state index in [1.165, 1.54) is 6.07 Å². The number of nitrogens with one attached hydrogen (secondary N) is 3. The molecule has 1 aliphatic rings. The second-order valence-electron chi connectivity index (χ2n) is 4.75. The van der Waals surface area contributed by atoms with Crippen LogP contribution in [0.4, 0.5) is 0 Å². The van der Waals surface area contributed by atoms with Gasteiger partial charge in [-0.25, -0.2) is 4.79 Å². The molecule has 1 aromatic carbocycles. The van der Waals surface area contributed by atoms with Gasteiger partial charge in [0, 0.05) is 18.3 Å². The Balaban J connectivity index is 1.60. The first-order valence-corrected chi connectivity index (χ1v) is 6.58. The van der Waals surface area contributed by atoms with Crippen LogP contribution in [-0.2, 0) is 17.8 Å². The Morgan fingerprint density at radius 3 is 2.77 bits per heavy atom. The van der Waals surface area contributed by atoms with E-state index in [2.05, 4.69) is 10.3 Å². The van der Waals surface area contributed by atoms with Crippen LogP contribution in [-0.4, -0.2) is 22.7 Å². The highest BCUT2D eigenvalue weighted by molar-refractivity contribution is 5.78. The summed E-state index contributed by atoms with van der Waals surface area (Å²) in [6.45, 7) is 0.504. The van der Waals surface area contributed by atoms with Crippen molar-refractivity contribution in [2.45, 2.75) is 13.0 Å². The van der Waals surface area contributed by atoms with Gasteiger partial charge in [-0.1, -0.05) is 6.07 Å². The molecule has 8 heteroatoms. The number of carbonyl (C=O) groups excluding carboxylic acids is 1. The lowest BCUT2D eigenvalue weighted by Gasteiger charge is -2.06. The minimum atomic E-state index is -0.633. The van der Waals surface area contributed by atoms with Gasteiger partial charge in [0.15, 0.2) is 11.5 Å². The fraction of sp³-hybridized carbons (Fsp3) is 0.214. The molecule has 2 aromatic rings. The SMILES string of the molecule is O=C(Cc1cc(=O)[nH]c(=O)[nH]1)NCc1ccc2c(c1)OCO2. The van der Waals surface area contributed by atoms with Gasteiger partial charge in [-0.15, -0.1) is 0 Å². The molecule has 0 fully saturated rings. The van der Waals surface area contributed by atoms with Crippen LogP contribution in [0.15, 0.2) is 33.9 Å². The van der Waals surface area contributed by atoms with Crippen molar-refractivity contribution in [1.29, 1.82) is 0 Å². The first-order valence-electron chi connectivity index (χ1n) is 6.58. The predicted molar refractivity (Wildman–Crippen MR) is 75.8 cm³/mol. The van der Waals surface area contributed by atoms with Crippen molar-refractivity contribution >= 4 is 5.91 Å². The number of aromatic nitrogens is 2. The monoisotopic (exact) mass is 303 g/mol. The smallest absolute Gasteiger partial charge is 0.325 e. The van der Waals surface area contributed by atoms with E-state index >= 15 is 0 Å². The minimum Gasteiger partial charge on any atom is -0.454 e. The number of aromatic amines is 2. The zero-order valence-electron chi connectivity index (χ0n) is 11.5. The lowest BCUT2D eigenvalue weighted by molar-refractivity contribution is -0.120. The van der Waals surface area contributed by atoms with Crippen LogP contribution >= 0.6 is 0 Å². The van der Waals surface area contributed by atoms with Crippen LogP contribution in [0.5, 0.6) is 11.5 Å². The van der Waals surface area contributed by atoms with Crippen LogP contribution in [0.1, 0.15) is 11.3 Å². The van der Waals surface area contributed by atoms with Crippen LogP contribution < -0.4 is 26.0 Å². The molecule has 0 unspecified atom stereocenters. The average molecular weight is 303 g/mol. The zero-order chi connectivity index (χ0) is 15.5. The van der Waals surface area contributed by atoms with Crippen molar-refractivity contribution in [2.24, 2.45) is 0 Å². The quantitative estimate of drug-likeness (QED) is 0.714. The van der Waals surface area contributed by atoms with E-state index in [-0.39, 0.29) is 24.8 Å². The van der Waals surface area contributed by atoms with Gasteiger partial charge in [-0.2, -0.15) is 0 Å². The lowest BCUT2D eigenvalue weighted by Crippen LogP contribution is -2.28. The number of hydrogen-bond donors (Lipinski definition) is 3. The second kappa shape index (κ2) is 5.76. The topological polar surface area (TPSA) is 113 Å². The van der Waals surface area contributed by atoms with Gasteiger partial charge in [0.05, 0.1) is 6.42 Å². The molecule has 0 atom stereocenters. The van der Waals surface area contributed by atoms with Crippen LogP contribution in [0, 0.1) is 0 Å². The molecule has 0 aliphatic carbocycles. The van der Waals surface area contributed by atoms with Gasteiger partial charge in [0.25, 0.3) is 5.56 Å². The number of benzene rings is 1. The standard InChI is InChI=1S/C14H13N3O5/c18-12(4-9-5-13(19)17-14(20)16-9)15-6-8-1-2-10-11(3-8)22-7-21-10/h1-3,5H,4,6-7H2,(H,15,18)(H2,16,17,19,20). The van der Waals surface area contributed by atoms with E-state index in [1.807, 2.05) is 11.1 Å². The minimum absolute atomic E-state index is 0.0797. The Bertz CT molecular complexity index is 795. The molecule has 1 amide bonds. The molecule has 1 aromatic heterocycles. The first-order chi connectivity index (χ1) is 10.6. The summed E-state index contributed by atoms with van der Waals surface area (Å²) >= 11 is 0. The maximum absolute atomic E-state index is 11.8. The Morgan fingerprint density at radius 1 is 1.14 bits per heavy atom. The normalized spacial score (nSPS) is 12.2. The van der Waals surface area contributed by atoms with Crippen molar-refractivity contribution in [3.8, 4) is 11.5 Å². The summed E-state index contributed by atoms with van der Waals surface area (Å²) in [5.74, 6) is 1.01. The van der Waals surface area contributed by atoms with Crippen LogP contribution in [0.3, 0.4) is 0 Å². The van der Waals surface area contributed by atoms with Crippen LogP contribution in [0.25, 0.3) is 0 Å². The van der Waals surface area contributed by atoms with Crippen molar-refractivity contribution < 1.29 is 14.3 Å². The molecule has 0 saturated heterocycles.